The number of fused-ring (bicyclic) bond motifs is 1. The quantitative estimate of drug-likeness (QED) is 0.761. The molecule has 0 saturated heterocycles. The summed E-state index contributed by atoms with van der Waals surface area (Å²) in [7, 11) is 0. The number of carbonyl (C=O) groups is 1. The molecule has 1 aliphatic carbocycles. The average molecular weight is 280 g/mol. The third-order valence-corrected chi connectivity index (χ3v) is 5.72. The fourth-order valence-electron chi connectivity index (χ4n) is 2.85. The van der Waals surface area contributed by atoms with E-state index in [1.165, 1.54) is 23.3 Å². The van der Waals surface area contributed by atoms with Gasteiger partial charge in [-0.2, -0.15) is 0 Å². The van der Waals surface area contributed by atoms with Crippen LogP contribution in [0, 0.1) is 11.3 Å². The summed E-state index contributed by atoms with van der Waals surface area (Å²) in [6.07, 6.45) is 4.56. The van der Waals surface area contributed by atoms with Crippen LogP contribution in [0.1, 0.15) is 61.3 Å². The number of hydrogen-bond donors (Lipinski definition) is 0. The first kappa shape index (κ1) is 14.6. The van der Waals surface area contributed by atoms with E-state index in [4.69, 9.17) is 4.74 Å². The minimum atomic E-state index is -0.145. The molecule has 0 saturated carbocycles. The van der Waals surface area contributed by atoms with Gasteiger partial charge in [-0.05, 0) is 43.1 Å². The van der Waals surface area contributed by atoms with Gasteiger partial charge in [0.2, 0.25) is 0 Å². The second kappa shape index (κ2) is 5.66. The van der Waals surface area contributed by atoms with E-state index < -0.39 is 0 Å². The lowest BCUT2D eigenvalue weighted by atomic mass is 9.69. The zero-order chi connectivity index (χ0) is 14.0. The molecular weight excluding hydrogens is 256 g/mol. The Morgan fingerprint density at radius 1 is 1.47 bits per heavy atom. The van der Waals surface area contributed by atoms with Crippen LogP contribution in [-0.4, -0.2) is 12.6 Å². The molecule has 1 heterocycles. The third kappa shape index (κ3) is 2.86. The average Bonchev–Trinajstić information content (AvgIpc) is 2.81. The minimum absolute atomic E-state index is 0.145. The largest absolute Gasteiger partial charge is 0.462 e. The number of thiophene rings is 1. The Kier molecular flexibility index (Phi) is 4.34. The fraction of sp³-hybridized carbons (Fsp3) is 0.688. The van der Waals surface area contributed by atoms with Crippen LogP contribution in [0.4, 0.5) is 0 Å². The van der Waals surface area contributed by atoms with Gasteiger partial charge in [0.05, 0.1) is 12.2 Å². The van der Waals surface area contributed by atoms with Crippen molar-refractivity contribution >= 4 is 17.3 Å². The van der Waals surface area contributed by atoms with Gasteiger partial charge in [0.15, 0.2) is 0 Å². The van der Waals surface area contributed by atoms with Crippen LogP contribution in [0.5, 0.6) is 0 Å². The summed E-state index contributed by atoms with van der Waals surface area (Å²) < 4.78 is 5.14. The highest BCUT2D eigenvalue weighted by molar-refractivity contribution is 7.10. The van der Waals surface area contributed by atoms with E-state index in [1.54, 1.807) is 11.3 Å². The number of esters is 1. The first-order valence-electron chi connectivity index (χ1n) is 7.26. The number of rotatable bonds is 4. The first-order valence-corrected chi connectivity index (χ1v) is 8.14. The predicted molar refractivity (Wildman–Crippen MR) is 79.9 cm³/mol. The maximum Gasteiger partial charge on any atom is 0.339 e. The standard InChI is InChI=1S/C16H24O2S/c1-5-16(3,4)11-7-8-12-13(15(17)18-6-2)10-19-14(12)9-11/h10-11H,5-9H2,1-4H3. The molecule has 1 atom stereocenters. The van der Waals surface area contributed by atoms with Crippen molar-refractivity contribution in [2.75, 3.05) is 6.61 Å². The highest BCUT2D eigenvalue weighted by atomic mass is 32.1. The van der Waals surface area contributed by atoms with E-state index in [-0.39, 0.29) is 5.97 Å². The van der Waals surface area contributed by atoms with E-state index in [0.717, 1.165) is 24.3 Å². The summed E-state index contributed by atoms with van der Waals surface area (Å²) in [5.41, 5.74) is 2.47. The third-order valence-electron chi connectivity index (χ3n) is 4.67. The molecule has 1 unspecified atom stereocenters. The smallest absolute Gasteiger partial charge is 0.339 e. The molecule has 2 rings (SSSR count). The summed E-state index contributed by atoms with van der Waals surface area (Å²) in [5.74, 6) is 0.590. The lowest BCUT2D eigenvalue weighted by Gasteiger charge is -2.36. The van der Waals surface area contributed by atoms with Crippen LogP contribution in [0.15, 0.2) is 5.38 Å². The van der Waals surface area contributed by atoms with Gasteiger partial charge in [0.25, 0.3) is 0 Å². The van der Waals surface area contributed by atoms with Crippen LogP contribution < -0.4 is 0 Å². The maximum atomic E-state index is 11.9. The maximum absolute atomic E-state index is 11.9. The number of hydrogen-bond acceptors (Lipinski definition) is 3. The van der Waals surface area contributed by atoms with Gasteiger partial charge in [0, 0.05) is 10.3 Å². The van der Waals surface area contributed by atoms with E-state index in [0.29, 0.717) is 12.0 Å². The molecule has 106 valence electrons. The van der Waals surface area contributed by atoms with Crippen molar-refractivity contribution in [2.24, 2.45) is 11.3 Å². The Labute approximate surface area is 120 Å². The molecule has 0 radical (unpaired) electrons. The summed E-state index contributed by atoms with van der Waals surface area (Å²) in [5, 5.41) is 1.99. The van der Waals surface area contributed by atoms with Crippen molar-refractivity contribution in [3.63, 3.8) is 0 Å². The Morgan fingerprint density at radius 3 is 2.84 bits per heavy atom. The van der Waals surface area contributed by atoms with Crippen molar-refractivity contribution in [3.8, 4) is 0 Å². The Balaban J connectivity index is 2.18. The van der Waals surface area contributed by atoms with Crippen LogP contribution in [0.3, 0.4) is 0 Å². The fourth-order valence-corrected chi connectivity index (χ4v) is 4.00. The zero-order valence-electron chi connectivity index (χ0n) is 12.4. The molecule has 19 heavy (non-hydrogen) atoms. The van der Waals surface area contributed by atoms with Crippen LogP contribution >= 0.6 is 11.3 Å². The molecule has 1 aliphatic rings. The van der Waals surface area contributed by atoms with Gasteiger partial charge in [-0.3, -0.25) is 0 Å². The highest BCUT2D eigenvalue weighted by Gasteiger charge is 2.33. The molecule has 0 N–H and O–H groups in total. The van der Waals surface area contributed by atoms with Gasteiger partial charge in [-0.25, -0.2) is 4.79 Å². The summed E-state index contributed by atoms with van der Waals surface area (Å²) in [4.78, 5) is 13.3. The molecule has 0 fully saturated rings. The lowest BCUT2D eigenvalue weighted by Crippen LogP contribution is -2.28. The lowest BCUT2D eigenvalue weighted by molar-refractivity contribution is 0.0525. The van der Waals surface area contributed by atoms with Crippen molar-refractivity contribution in [2.45, 2.75) is 53.4 Å². The topological polar surface area (TPSA) is 26.3 Å². The molecule has 0 spiro atoms. The normalized spacial score (nSPS) is 19.1. The van der Waals surface area contributed by atoms with Gasteiger partial charge in [-0.1, -0.05) is 27.2 Å². The molecule has 1 aromatic rings. The number of carbonyl (C=O) groups excluding carboxylic acids is 1. The van der Waals surface area contributed by atoms with E-state index >= 15 is 0 Å². The molecule has 0 bridgehead atoms. The van der Waals surface area contributed by atoms with Crippen LogP contribution in [0.2, 0.25) is 0 Å². The molecule has 1 aromatic heterocycles. The number of ether oxygens (including phenoxy) is 1. The zero-order valence-corrected chi connectivity index (χ0v) is 13.2. The van der Waals surface area contributed by atoms with Gasteiger partial charge in [0.1, 0.15) is 0 Å². The van der Waals surface area contributed by atoms with E-state index in [9.17, 15) is 4.79 Å². The summed E-state index contributed by atoms with van der Waals surface area (Å²) in [6, 6.07) is 0. The van der Waals surface area contributed by atoms with Gasteiger partial charge >= 0.3 is 5.97 Å². The van der Waals surface area contributed by atoms with Crippen LogP contribution in [-0.2, 0) is 17.6 Å². The van der Waals surface area contributed by atoms with Crippen molar-refractivity contribution in [1.82, 2.24) is 0 Å². The second-order valence-electron chi connectivity index (χ2n) is 6.05. The molecule has 0 aliphatic heterocycles. The van der Waals surface area contributed by atoms with Crippen LogP contribution in [0.25, 0.3) is 0 Å². The van der Waals surface area contributed by atoms with Crippen molar-refractivity contribution in [1.29, 1.82) is 0 Å². The Morgan fingerprint density at radius 2 is 2.21 bits per heavy atom. The molecule has 0 amide bonds. The molecule has 3 heteroatoms. The first-order chi connectivity index (χ1) is 8.99. The van der Waals surface area contributed by atoms with E-state index in [2.05, 4.69) is 20.8 Å². The minimum Gasteiger partial charge on any atom is -0.462 e. The Bertz CT molecular complexity index is 459. The van der Waals surface area contributed by atoms with Crippen molar-refractivity contribution < 1.29 is 9.53 Å². The second-order valence-corrected chi connectivity index (χ2v) is 7.02. The SMILES string of the molecule is CCOC(=O)c1csc2c1CCC(C(C)(C)CC)C2. The molecule has 0 aromatic carbocycles. The van der Waals surface area contributed by atoms with Gasteiger partial charge < -0.3 is 4.74 Å². The monoisotopic (exact) mass is 280 g/mol. The molecule has 2 nitrogen and oxygen atoms in total. The summed E-state index contributed by atoms with van der Waals surface area (Å²) >= 11 is 1.74. The highest BCUT2D eigenvalue weighted by Crippen LogP contribution is 2.42. The van der Waals surface area contributed by atoms with E-state index in [1.807, 2.05) is 12.3 Å². The predicted octanol–water partition coefficient (Wildman–Crippen LogP) is 4.47. The Hall–Kier alpha value is -0.830. The van der Waals surface area contributed by atoms with Gasteiger partial charge in [-0.15, -0.1) is 11.3 Å². The molecular formula is C16H24O2S. The van der Waals surface area contributed by atoms with Crippen molar-refractivity contribution in [3.05, 3.63) is 21.4 Å². The summed E-state index contributed by atoms with van der Waals surface area (Å²) in [6.45, 7) is 9.31.